The highest BCUT2D eigenvalue weighted by molar-refractivity contribution is 5.89. The van der Waals surface area contributed by atoms with Crippen molar-refractivity contribution in [3.05, 3.63) is 29.5 Å². The highest BCUT2D eigenvalue weighted by Gasteiger charge is 2.20. The molecular weight excluding hydrogens is 392 g/mol. The maximum absolute atomic E-state index is 12.2. The molecule has 10 heteroatoms. The van der Waals surface area contributed by atoms with Gasteiger partial charge in [-0.05, 0) is 30.5 Å². The van der Waals surface area contributed by atoms with Gasteiger partial charge in [0, 0.05) is 26.1 Å². The van der Waals surface area contributed by atoms with Crippen molar-refractivity contribution in [1.82, 2.24) is 20.4 Å². The Bertz CT molecular complexity index is 872. The van der Waals surface area contributed by atoms with Crippen LogP contribution in [0.3, 0.4) is 0 Å². The molecular formula is C20H26N4O6. The van der Waals surface area contributed by atoms with Crippen LogP contribution in [0.15, 0.2) is 16.5 Å². The Hall–Kier alpha value is -3.30. The molecule has 0 spiro atoms. The van der Waals surface area contributed by atoms with E-state index in [1.165, 1.54) is 21.3 Å². The smallest absolute Gasteiger partial charge is 0.308 e. The Morgan fingerprint density at radius 2 is 1.90 bits per heavy atom. The molecule has 10 nitrogen and oxygen atoms in total. The molecule has 30 heavy (non-hydrogen) atoms. The summed E-state index contributed by atoms with van der Waals surface area (Å²) in [5.41, 5.74) is 0.801. The molecule has 0 aliphatic carbocycles. The second kappa shape index (κ2) is 9.95. The average Bonchev–Trinajstić information content (AvgIpc) is 3.39. The van der Waals surface area contributed by atoms with Gasteiger partial charge < -0.3 is 28.8 Å². The first kappa shape index (κ1) is 21.4. The van der Waals surface area contributed by atoms with E-state index >= 15 is 0 Å². The fraction of sp³-hybridized carbons (Fsp3) is 0.500. The van der Waals surface area contributed by atoms with E-state index in [1.807, 2.05) is 4.90 Å². The fourth-order valence-electron chi connectivity index (χ4n) is 3.32. The minimum atomic E-state index is -0.439. The summed E-state index contributed by atoms with van der Waals surface area (Å²) in [7, 11) is 4.61. The molecule has 2 aromatic rings. The van der Waals surface area contributed by atoms with Crippen molar-refractivity contribution >= 4 is 11.8 Å². The highest BCUT2D eigenvalue weighted by Crippen LogP contribution is 2.38. The van der Waals surface area contributed by atoms with Gasteiger partial charge in [-0.15, -0.1) is 10.2 Å². The Morgan fingerprint density at radius 3 is 2.50 bits per heavy atom. The van der Waals surface area contributed by atoms with Crippen LogP contribution >= 0.6 is 0 Å². The van der Waals surface area contributed by atoms with Crippen molar-refractivity contribution in [3.63, 3.8) is 0 Å². The van der Waals surface area contributed by atoms with E-state index in [1.54, 1.807) is 12.1 Å². The normalized spacial score (nSPS) is 13.4. The topological polar surface area (TPSA) is 116 Å². The zero-order chi connectivity index (χ0) is 21.5. The first-order chi connectivity index (χ1) is 14.5. The third-order valence-electron chi connectivity index (χ3n) is 4.80. The van der Waals surface area contributed by atoms with Gasteiger partial charge in [-0.3, -0.25) is 9.59 Å². The molecule has 1 saturated heterocycles. The van der Waals surface area contributed by atoms with Gasteiger partial charge >= 0.3 is 11.8 Å². The van der Waals surface area contributed by atoms with E-state index in [9.17, 15) is 9.59 Å². The largest absolute Gasteiger partial charge is 0.493 e. The minimum Gasteiger partial charge on any atom is -0.493 e. The van der Waals surface area contributed by atoms with Crippen LogP contribution in [0, 0.1) is 0 Å². The van der Waals surface area contributed by atoms with Crippen molar-refractivity contribution in [2.75, 3.05) is 41.0 Å². The monoisotopic (exact) mass is 418 g/mol. The van der Waals surface area contributed by atoms with Crippen LogP contribution < -0.4 is 19.5 Å². The minimum absolute atomic E-state index is 0.102. The van der Waals surface area contributed by atoms with Crippen LogP contribution in [0.5, 0.6) is 17.2 Å². The number of rotatable bonds is 10. The number of methoxy groups -OCH3 is 3. The summed E-state index contributed by atoms with van der Waals surface area (Å²) in [6, 6.07) is 3.57. The van der Waals surface area contributed by atoms with E-state index in [-0.39, 0.29) is 17.7 Å². The predicted octanol–water partition coefficient (Wildman–Crippen LogP) is 1.43. The summed E-state index contributed by atoms with van der Waals surface area (Å²) in [5.74, 6) is 1.44. The van der Waals surface area contributed by atoms with Crippen LogP contribution in [-0.2, 0) is 11.2 Å². The Morgan fingerprint density at radius 1 is 1.17 bits per heavy atom. The zero-order valence-corrected chi connectivity index (χ0v) is 17.4. The van der Waals surface area contributed by atoms with Gasteiger partial charge in [0.2, 0.25) is 17.5 Å². The van der Waals surface area contributed by atoms with Gasteiger partial charge in [-0.1, -0.05) is 0 Å². The Labute approximate surface area is 174 Å². The van der Waals surface area contributed by atoms with E-state index in [0.717, 1.165) is 18.5 Å². The molecule has 1 aromatic carbocycles. The lowest BCUT2D eigenvalue weighted by molar-refractivity contribution is -0.127. The first-order valence-corrected chi connectivity index (χ1v) is 9.73. The number of carbonyl (C=O) groups excluding carboxylic acids is 2. The van der Waals surface area contributed by atoms with E-state index < -0.39 is 5.91 Å². The molecule has 0 atom stereocenters. The number of hydrogen-bond donors (Lipinski definition) is 1. The third-order valence-corrected chi connectivity index (χ3v) is 4.80. The molecule has 1 aromatic heterocycles. The number of benzene rings is 1. The SMILES string of the molecule is COc1cc(Cc2nnc(C(=O)NCCCN3CCCC3=O)o2)cc(OC)c1OC. The molecule has 3 rings (SSSR count). The summed E-state index contributed by atoms with van der Waals surface area (Å²) in [4.78, 5) is 25.6. The Kier molecular flexibility index (Phi) is 7.10. The highest BCUT2D eigenvalue weighted by atomic mass is 16.5. The van der Waals surface area contributed by atoms with Crippen molar-refractivity contribution in [2.45, 2.75) is 25.7 Å². The quantitative estimate of drug-likeness (QED) is 0.576. The van der Waals surface area contributed by atoms with Gasteiger partial charge in [0.15, 0.2) is 11.5 Å². The van der Waals surface area contributed by atoms with Crippen molar-refractivity contribution < 1.29 is 28.2 Å². The number of hydrogen-bond acceptors (Lipinski definition) is 8. The molecule has 0 radical (unpaired) electrons. The van der Waals surface area contributed by atoms with Crippen LogP contribution in [0.2, 0.25) is 0 Å². The van der Waals surface area contributed by atoms with Gasteiger partial charge in [0.1, 0.15) is 0 Å². The van der Waals surface area contributed by atoms with Crippen LogP contribution in [0.1, 0.15) is 41.4 Å². The average molecular weight is 418 g/mol. The summed E-state index contributed by atoms with van der Waals surface area (Å²) in [6.07, 6.45) is 2.49. The zero-order valence-electron chi connectivity index (χ0n) is 17.4. The molecule has 1 aliphatic rings. The van der Waals surface area contributed by atoms with Crippen molar-refractivity contribution in [1.29, 1.82) is 0 Å². The van der Waals surface area contributed by atoms with Crippen molar-refractivity contribution in [3.8, 4) is 17.2 Å². The Balaban J connectivity index is 1.55. The maximum atomic E-state index is 12.2. The lowest BCUT2D eigenvalue weighted by Gasteiger charge is -2.14. The predicted molar refractivity (Wildman–Crippen MR) is 106 cm³/mol. The molecule has 162 valence electrons. The van der Waals surface area contributed by atoms with Gasteiger partial charge in [0.25, 0.3) is 0 Å². The number of nitrogens with zero attached hydrogens (tertiary/aromatic N) is 3. The number of nitrogens with one attached hydrogen (secondary N) is 1. The molecule has 2 amide bonds. The standard InChI is InChI=1S/C20H26N4O6/c1-27-14-10-13(11-15(28-2)18(14)29-3)12-16-22-23-20(30-16)19(26)21-7-5-9-24-8-4-6-17(24)25/h10-11H,4-9,12H2,1-3H3,(H,21,26). The van der Waals surface area contributed by atoms with E-state index in [0.29, 0.717) is 49.6 Å². The number of ether oxygens (including phenoxy) is 3. The van der Waals surface area contributed by atoms with Crippen LogP contribution in [0.25, 0.3) is 0 Å². The van der Waals surface area contributed by atoms with Gasteiger partial charge in [-0.25, -0.2) is 0 Å². The van der Waals surface area contributed by atoms with E-state index in [4.69, 9.17) is 18.6 Å². The third kappa shape index (κ3) is 5.00. The number of likely N-dealkylation sites (tertiary alicyclic amines) is 1. The maximum Gasteiger partial charge on any atom is 0.308 e. The van der Waals surface area contributed by atoms with Gasteiger partial charge in [-0.2, -0.15) is 0 Å². The second-order valence-electron chi connectivity index (χ2n) is 6.81. The molecule has 1 aliphatic heterocycles. The number of carbonyl (C=O) groups is 2. The number of amides is 2. The molecule has 1 fully saturated rings. The summed E-state index contributed by atoms with van der Waals surface area (Å²) in [5, 5.41) is 10.5. The summed E-state index contributed by atoms with van der Waals surface area (Å²) in [6.45, 7) is 1.85. The van der Waals surface area contributed by atoms with Crippen molar-refractivity contribution in [2.24, 2.45) is 0 Å². The fourth-order valence-corrected chi connectivity index (χ4v) is 3.32. The summed E-state index contributed by atoms with van der Waals surface area (Å²) >= 11 is 0. The number of aromatic nitrogens is 2. The van der Waals surface area contributed by atoms with Crippen LogP contribution in [0.4, 0.5) is 0 Å². The molecule has 0 saturated carbocycles. The van der Waals surface area contributed by atoms with E-state index in [2.05, 4.69) is 15.5 Å². The lowest BCUT2D eigenvalue weighted by Crippen LogP contribution is -2.30. The molecule has 0 bridgehead atoms. The second-order valence-corrected chi connectivity index (χ2v) is 6.81. The molecule has 1 N–H and O–H groups in total. The van der Waals surface area contributed by atoms with Crippen LogP contribution in [-0.4, -0.2) is 67.9 Å². The summed E-state index contributed by atoms with van der Waals surface area (Å²) < 4.78 is 21.5. The first-order valence-electron chi connectivity index (χ1n) is 9.73. The molecule has 2 heterocycles. The van der Waals surface area contributed by atoms with Gasteiger partial charge in [0.05, 0.1) is 27.8 Å². The molecule has 0 unspecified atom stereocenters. The lowest BCUT2D eigenvalue weighted by atomic mass is 10.1.